The van der Waals surface area contributed by atoms with Crippen molar-refractivity contribution in [2.45, 2.75) is 25.1 Å². The van der Waals surface area contributed by atoms with Gasteiger partial charge in [0.15, 0.2) is 0 Å². The smallest absolute Gasteiger partial charge is 0.419 e. The van der Waals surface area contributed by atoms with Crippen LogP contribution in [-0.4, -0.2) is 29.9 Å². The first kappa shape index (κ1) is 30.9. The Hall–Kier alpha value is -5.06. The molecule has 6 nitrogen and oxygen atoms in total. The van der Waals surface area contributed by atoms with Crippen LogP contribution in [-0.2, 0) is 11.0 Å². The van der Waals surface area contributed by atoms with Crippen LogP contribution < -0.4 is 15.4 Å². The van der Waals surface area contributed by atoms with E-state index in [0.29, 0.717) is 30.5 Å². The molecule has 2 bridgehead atoms. The Bertz CT molecular complexity index is 1830. The molecule has 0 saturated heterocycles. The van der Waals surface area contributed by atoms with E-state index in [4.69, 9.17) is 4.74 Å². The average molecular weight is 634 g/mol. The van der Waals surface area contributed by atoms with Crippen LogP contribution >= 0.6 is 0 Å². The summed E-state index contributed by atoms with van der Waals surface area (Å²) in [5.74, 6) is -4.51. The highest BCUT2D eigenvalue weighted by Gasteiger charge is 2.54. The minimum Gasteiger partial charge on any atom is -0.496 e. The van der Waals surface area contributed by atoms with Crippen LogP contribution in [0.5, 0.6) is 5.75 Å². The SMILES string of the molecule is COc1ccc(-c2cccnc2F)cc1C(=O)N[C@@H]1C2CCC(/C2=C\c2ccccc2)[C@@H]1C(=O)Nc1ccc(F)c(C(F)(F)F)c1. The topological polar surface area (TPSA) is 80.3 Å². The summed E-state index contributed by atoms with van der Waals surface area (Å²) in [5, 5.41) is 5.54. The van der Waals surface area contributed by atoms with Gasteiger partial charge in [-0.15, -0.1) is 0 Å². The highest BCUT2D eigenvalue weighted by molar-refractivity contribution is 6.00. The fourth-order valence-corrected chi connectivity index (χ4v) is 6.66. The van der Waals surface area contributed by atoms with Gasteiger partial charge in [0.1, 0.15) is 11.6 Å². The normalized spacial score (nSPS) is 21.3. The van der Waals surface area contributed by atoms with E-state index in [1.165, 1.54) is 31.5 Å². The van der Waals surface area contributed by atoms with Crippen molar-refractivity contribution in [3.63, 3.8) is 0 Å². The molecule has 2 fully saturated rings. The summed E-state index contributed by atoms with van der Waals surface area (Å²) in [6, 6.07) is 18.7. The Morgan fingerprint density at radius 1 is 0.935 bits per heavy atom. The summed E-state index contributed by atoms with van der Waals surface area (Å²) in [4.78, 5) is 31.4. The molecule has 2 amide bonds. The standard InChI is InChI=1S/C35H28F5N3O3/c1-46-29-14-9-20(22-8-5-15-41-32(22)37)17-26(29)33(44)43-31-24-12-11-23(25(24)16-19-6-3-2-4-7-19)30(31)34(45)42-21-10-13-28(36)27(18-21)35(38,39)40/h2-10,13-18,23-24,30-31H,11-12H2,1H3,(H,42,45)(H,43,44)/b25-16+/t23?,24?,30-,31+/m0/s1. The molecular formula is C35H28F5N3O3. The molecule has 2 saturated carbocycles. The second kappa shape index (κ2) is 12.4. The number of anilines is 1. The fourth-order valence-electron chi connectivity index (χ4n) is 6.66. The van der Waals surface area contributed by atoms with Crippen molar-refractivity contribution in [1.82, 2.24) is 10.3 Å². The van der Waals surface area contributed by atoms with E-state index in [9.17, 15) is 31.5 Å². The van der Waals surface area contributed by atoms with E-state index in [2.05, 4.69) is 15.6 Å². The van der Waals surface area contributed by atoms with Gasteiger partial charge in [0.2, 0.25) is 11.9 Å². The number of aromatic nitrogens is 1. The van der Waals surface area contributed by atoms with Crippen LogP contribution in [0.25, 0.3) is 17.2 Å². The molecule has 4 atom stereocenters. The molecule has 3 aromatic carbocycles. The zero-order valence-electron chi connectivity index (χ0n) is 24.4. The predicted octanol–water partition coefficient (Wildman–Crippen LogP) is 7.53. The monoisotopic (exact) mass is 633 g/mol. The second-order valence-electron chi connectivity index (χ2n) is 11.3. The quantitative estimate of drug-likeness (QED) is 0.163. The van der Waals surface area contributed by atoms with Crippen molar-refractivity contribution < 1.29 is 36.3 Å². The molecule has 2 unspecified atom stereocenters. The molecule has 2 aliphatic carbocycles. The summed E-state index contributed by atoms with van der Waals surface area (Å²) in [7, 11) is 1.39. The number of halogens is 5. The number of alkyl halides is 3. The number of rotatable bonds is 7. The molecule has 6 rings (SSSR count). The molecule has 236 valence electrons. The maximum atomic E-state index is 14.5. The summed E-state index contributed by atoms with van der Waals surface area (Å²) in [6.07, 6.45) is -0.353. The Kier molecular flexibility index (Phi) is 8.33. The summed E-state index contributed by atoms with van der Waals surface area (Å²) >= 11 is 0. The Balaban J connectivity index is 1.35. The van der Waals surface area contributed by atoms with Gasteiger partial charge < -0.3 is 15.4 Å². The fraction of sp³-hybridized carbons (Fsp3) is 0.229. The van der Waals surface area contributed by atoms with Crippen LogP contribution in [0, 0.1) is 29.5 Å². The highest BCUT2D eigenvalue weighted by atomic mass is 19.4. The van der Waals surface area contributed by atoms with Gasteiger partial charge in [0.05, 0.1) is 24.2 Å². The number of benzene rings is 3. The molecule has 0 radical (unpaired) electrons. The number of methoxy groups -OCH3 is 1. The Labute approximate surface area is 261 Å². The molecule has 2 aliphatic rings. The number of pyridine rings is 1. The number of carbonyl (C=O) groups excluding carboxylic acids is 2. The van der Waals surface area contributed by atoms with Crippen molar-refractivity contribution in [2.24, 2.45) is 17.8 Å². The molecule has 11 heteroatoms. The first-order valence-electron chi connectivity index (χ1n) is 14.6. The van der Waals surface area contributed by atoms with Gasteiger partial charge in [-0.1, -0.05) is 48.0 Å². The lowest BCUT2D eigenvalue weighted by atomic mass is 9.83. The second-order valence-corrected chi connectivity index (χ2v) is 11.3. The van der Waals surface area contributed by atoms with Gasteiger partial charge in [-0.25, -0.2) is 9.37 Å². The van der Waals surface area contributed by atoms with Crippen LogP contribution in [0.4, 0.5) is 27.6 Å². The molecule has 4 aromatic rings. The molecule has 46 heavy (non-hydrogen) atoms. The van der Waals surface area contributed by atoms with E-state index in [0.717, 1.165) is 17.2 Å². The van der Waals surface area contributed by atoms with Crippen molar-refractivity contribution >= 4 is 23.6 Å². The van der Waals surface area contributed by atoms with E-state index in [1.54, 1.807) is 12.1 Å². The maximum Gasteiger partial charge on any atom is 0.419 e. The Morgan fingerprint density at radius 3 is 2.41 bits per heavy atom. The highest BCUT2D eigenvalue weighted by Crippen LogP contribution is 2.53. The molecule has 0 aliphatic heterocycles. The first-order chi connectivity index (χ1) is 22.0. The van der Waals surface area contributed by atoms with Gasteiger partial charge in [-0.2, -0.15) is 17.6 Å². The van der Waals surface area contributed by atoms with E-state index in [-0.39, 0.29) is 34.4 Å². The zero-order valence-corrected chi connectivity index (χ0v) is 24.4. The van der Waals surface area contributed by atoms with E-state index < -0.39 is 47.3 Å². The van der Waals surface area contributed by atoms with Crippen molar-refractivity contribution in [2.75, 3.05) is 12.4 Å². The summed E-state index contributed by atoms with van der Waals surface area (Å²) in [5.41, 5.74) is 0.818. The lowest BCUT2D eigenvalue weighted by Gasteiger charge is -2.30. The third-order valence-electron chi connectivity index (χ3n) is 8.69. The number of nitrogens with one attached hydrogen (secondary N) is 2. The molecular weight excluding hydrogens is 605 g/mol. The Morgan fingerprint density at radius 2 is 1.70 bits per heavy atom. The molecule has 2 N–H and O–H groups in total. The molecule has 1 heterocycles. The number of hydrogen-bond acceptors (Lipinski definition) is 4. The zero-order chi connectivity index (χ0) is 32.6. The van der Waals surface area contributed by atoms with Crippen molar-refractivity contribution in [3.05, 3.63) is 119 Å². The van der Waals surface area contributed by atoms with Gasteiger partial charge in [0, 0.05) is 29.4 Å². The number of amides is 2. The van der Waals surface area contributed by atoms with E-state index in [1.807, 2.05) is 36.4 Å². The van der Waals surface area contributed by atoms with Gasteiger partial charge in [-0.05, 0) is 72.4 Å². The van der Waals surface area contributed by atoms with Crippen molar-refractivity contribution in [1.29, 1.82) is 0 Å². The van der Waals surface area contributed by atoms with E-state index >= 15 is 0 Å². The van der Waals surface area contributed by atoms with Crippen LogP contribution in [0.2, 0.25) is 0 Å². The number of fused-ring (bicyclic) bond motifs is 2. The largest absolute Gasteiger partial charge is 0.496 e. The van der Waals surface area contributed by atoms with Crippen molar-refractivity contribution in [3.8, 4) is 16.9 Å². The number of ether oxygens (including phenoxy) is 1. The van der Waals surface area contributed by atoms with Gasteiger partial charge in [-0.3, -0.25) is 9.59 Å². The van der Waals surface area contributed by atoms with Crippen LogP contribution in [0.15, 0.2) is 90.6 Å². The minimum absolute atomic E-state index is 0.104. The number of carbonyl (C=O) groups is 2. The molecule has 1 aromatic heterocycles. The lowest BCUT2D eigenvalue weighted by molar-refractivity contribution is -0.140. The maximum absolute atomic E-state index is 14.5. The first-order valence-corrected chi connectivity index (χ1v) is 14.6. The van der Waals surface area contributed by atoms with Crippen LogP contribution in [0.1, 0.15) is 34.3 Å². The number of nitrogens with zero attached hydrogens (tertiary/aromatic N) is 1. The predicted molar refractivity (Wildman–Crippen MR) is 162 cm³/mol. The minimum atomic E-state index is -4.95. The van der Waals surface area contributed by atoms with Crippen LogP contribution in [0.3, 0.4) is 0 Å². The van der Waals surface area contributed by atoms with Gasteiger partial charge >= 0.3 is 6.18 Å². The molecule has 0 spiro atoms. The average Bonchev–Trinajstić information content (AvgIpc) is 3.56. The third kappa shape index (κ3) is 5.96. The summed E-state index contributed by atoms with van der Waals surface area (Å²) < 4.78 is 74.1. The summed E-state index contributed by atoms with van der Waals surface area (Å²) in [6.45, 7) is 0. The number of hydrogen-bond donors (Lipinski definition) is 2. The third-order valence-corrected chi connectivity index (χ3v) is 8.69. The lowest BCUT2D eigenvalue weighted by Crippen LogP contribution is -2.48. The van der Waals surface area contributed by atoms with Gasteiger partial charge in [0.25, 0.3) is 5.91 Å².